The number of aromatic carboxylic acids is 1. The highest BCUT2D eigenvalue weighted by atomic mass is 32.2. The number of rotatable bonds is 4. The molecule has 104 valence electrons. The predicted octanol–water partition coefficient (Wildman–Crippen LogP) is 2.32. The molecule has 0 bridgehead atoms. The van der Waals surface area contributed by atoms with Gasteiger partial charge in [-0.25, -0.2) is 17.6 Å². The van der Waals surface area contributed by atoms with Gasteiger partial charge in [-0.1, -0.05) is 6.07 Å². The molecule has 0 atom stereocenters. The van der Waals surface area contributed by atoms with E-state index in [1.165, 1.54) is 24.3 Å². The minimum absolute atomic E-state index is 0.0377. The topological polar surface area (TPSA) is 83.5 Å². The summed E-state index contributed by atoms with van der Waals surface area (Å²) in [4.78, 5) is 10.7. The monoisotopic (exact) mass is 295 g/mol. The molecule has 0 aliphatic heterocycles. The summed E-state index contributed by atoms with van der Waals surface area (Å²) in [5.74, 6) is -1.70. The van der Waals surface area contributed by atoms with Crippen molar-refractivity contribution in [1.82, 2.24) is 0 Å². The zero-order chi connectivity index (χ0) is 14.8. The molecule has 0 aromatic heterocycles. The van der Waals surface area contributed by atoms with Crippen LogP contribution in [0.4, 0.5) is 10.1 Å². The number of benzene rings is 2. The van der Waals surface area contributed by atoms with Gasteiger partial charge < -0.3 is 5.11 Å². The molecule has 0 radical (unpaired) electrons. The van der Waals surface area contributed by atoms with Crippen LogP contribution in [-0.4, -0.2) is 19.5 Å². The number of carboxylic acid groups (broad SMARTS) is 1. The lowest BCUT2D eigenvalue weighted by atomic mass is 10.2. The maximum Gasteiger partial charge on any atom is 0.335 e. The molecule has 2 aromatic carbocycles. The molecule has 0 heterocycles. The van der Waals surface area contributed by atoms with Crippen molar-refractivity contribution in [3.8, 4) is 0 Å². The average molecular weight is 295 g/mol. The molecule has 0 spiro atoms. The minimum Gasteiger partial charge on any atom is -0.478 e. The van der Waals surface area contributed by atoms with E-state index in [4.69, 9.17) is 5.11 Å². The van der Waals surface area contributed by atoms with Gasteiger partial charge >= 0.3 is 5.97 Å². The molecular weight excluding hydrogens is 285 g/mol. The first-order valence-corrected chi connectivity index (χ1v) is 6.98. The third-order valence-corrected chi connectivity index (χ3v) is 3.88. The van der Waals surface area contributed by atoms with Gasteiger partial charge in [0, 0.05) is 5.69 Å². The third kappa shape index (κ3) is 3.12. The van der Waals surface area contributed by atoms with Gasteiger partial charge in [0.05, 0.1) is 10.5 Å². The quantitative estimate of drug-likeness (QED) is 0.906. The molecule has 7 heteroatoms. The Kier molecular flexibility index (Phi) is 3.71. The van der Waals surface area contributed by atoms with Gasteiger partial charge in [-0.2, -0.15) is 0 Å². The van der Waals surface area contributed by atoms with Crippen molar-refractivity contribution in [3.63, 3.8) is 0 Å². The first kappa shape index (κ1) is 14.0. The van der Waals surface area contributed by atoms with Crippen LogP contribution in [0.3, 0.4) is 0 Å². The van der Waals surface area contributed by atoms with Crippen LogP contribution in [0.1, 0.15) is 10.4 Å². The van der Waals surface area contributed by atoms with E-state index < -0.39 is 21.8 Å². The van der Waals surface area contributed by atoms with Crippen LogP contribution >= 0.6 is 0 Å². The van der Waals surface area contributed by atoms with E-state index in [1.807, 2.05) is 0 Å². The number of anilines is 1. The summed E-state index contributed by atoms with van der Waals surface area (Å²) < 4.78 is 39.0. The second kappa shape index (κ2) is 5.30. The van der Waals surface area contributed by atoms with Crippen molar-refractivity contribution in [2.24, 2.45) is 0 Å². The van der Waals surface area contributed by atoms with Gasteiger partial charge in [0.1, 0.15) is 5.82 Å². The molecular formula is C13H10FNO4S. The fourth-order valence-electron chi connectivity index (χ4n) is 1.54. The lowest BCUT2D eigenvalue weighted by Crippen LogP contribution is -2.13. The number of hydrogen-bond donors (Lipinski definition) is 2. The smallest absolute Gasteiger partial charge is 0.335 e. The molecule has 2 aromatic rings. The second-order valence-corrected chi connectivity index (χ2v) is 5.63. The highest BCUT2D eigenvalue weighted by Gasteiger charge is 2.14. The molecule has 0 saturated heterocycles. The molecule has 20 heavy (non-hydrogen) atoms. The zero-order valence-corrected chi connectivity index (χ0v) is 10.9. The van der Waals surface area contributed by atoms with Crippen LogP contribution in [0.15, 0.2) is 53.4 Å². The van der Waals surface area contributed by atoms with Gasteiger partial charge in [-0.15, -0.1) is 0 Å². The molecule has 2 N–H and O–H groups in total. The van der Waals surface area contributed by atoms with Gasteiger partial charge in [0.15, 0.2) is 0 Å². The van der Waals surface area contributed by atoms with E-state index in [-0.39, 0.29) is 16.1 Å². The van der Waals surface area contributed by atoms with E-state index in [9.17, 15) is 17.6 Å². The minimum atomic E-state index is -3.88. The van der Waals surface area contributed by atoms with Crippen LogP contribution in [0.25, 0.3) is 0 Å². The maximum absolute atomic E-state index is 12.8. The Morgan fingerprint density at radius 2 is 1.75 bits per heavy atom. The molecule has 0 aliphatic carbocycles. The van der Waals surface area contributed by atoms with Crippen molar-refractivity contribution < 1.29 is 22.7 Å². The van der Waals surface area contributed by atoms with Gasteiger partial charge in [0.2, 0.25) is 0 Å². The van der Waals surface area contributed by atoms with E-state index in [2.05, 4.69) is 4.72 Å². The molecule has 2 rings (SSSR count). The van der Waals surface area contributed by atoms with Crippen molar-refractivity contribution in [3.05, 3.63) is 59.9 Å². The van der Waals surface area contributed by atoms with Crippen LogP contribution in [0.2, 0.25) is 0 Å². The van der Waals surface area contributed by atoms with E-state index in [1.54, 1.807) is 0 Å². The third-order valence-electron chi connectivity index (χ3n) is 2.49. The Morgan fingerprint density at radius 3 is 2.35 bits per heavy atom. The second-order valence-electron chi connectivity index (χ2n) is 3.95. The Hall–Kier alpha value is -2.41. The number of hydrogen-bond acceptors (Lipinski definition) is 3. The maximum atomic E-state index is 12.8. The predicted molar refractivity (Wildman–Crippen MR) is 70.6 cm³/mol. The van der Waals surface area contributed by atoms with Crippen molar-refractivity contribution in [2.75, 3.05) is 4.72 Å². The summed E-state index contributed by atoms with van der Waals surface area (Å²) in [7, 11) is -3.88. The Balaban J connectivity index is 2.31. The average Bonchev–Trinajstić information content (AvgIpc) is 2.39. The number of carboxylic acids is 1. The molecule has 0 amide bonds. The van der Waals surface area contributed by atoms with Crippen LogP contribution in [0, 0.1) is 5.82 Å². The highest BCUT2D eigenvalue weighted by Crippen LogP contribution is 2.17. The number of halogens is 1. The summed E-state index contributed by atoms with van der Waals surface area (Å²) >= 11 is 0. The number of nitrogens with one attached hydrogen (secondary N) is 1. The first-order valence-electron chi connectivity index (χ1n) is 5.50. The number of carbonyl (C=O) groups is 1. The largest absolute Gasteiger partial charge is 0.478 e. The first-order chi connectivity index (χ1) is 9.38. The van der Waals surface area contributed by atoms with Crippen molar-refractivity contribution in [2.45, 2.75) is 4.90 Å². The van der Waals surface area contributed by atoms with Gasteiger partial charge in [0.25, 0.3) is 10.0 Å². The van der Waals surface area contributed by atoms with Crippen molar-refractivity contribution >= 4 is 21.7 Å². The molecule has 0 aliphatic rings. The van der Waals surface area contributed by atoms with Crippen LogP contribution < -0.4 is 4.72 Å². The fourth-order valence-corrected chi connectivity index (χ4v) is 2.59. The summed E-state index contributed by atoms with van der Waals surface area (Å²) in [6.45, 7) is 0. The van der Waals surface area contributed by atoms with Crippen LogP contribution in [0.5, 0.6) is 0 Å². The van der Waals surface area contributed by atoms with Crippen molar-refractivity contribution in [1.29, 1.82) is 0 Å². The van der Waals surface area contributed by atoms with E-state index in [0.29, 0.717) is 0 Å². The lowest BCUT2D eigenvalue weighted by Gasteiger charge is -2.08. The Labute approximate surface area is 114 Å². The summed E-state index contributed by atoms with van der Waals surface area (Å²) in [5, 5.41) is 8.84. The van der Waals surface area contributed by atoms with Gasteiger partial charge in [-0.05, 0) is 42.5 Å². The van der Waals surface area contributed by atoms with Crippen LogP contribution in [-0.2, 0) is 10.0 Å². The van der Waals surface area contributed by atoms with Gasteiger partial charge in [-0.3, -0.25) is 4.72 Å². The van der Waals surface area contributed by atoms with E-state index in [0.717, 1.165) is 24.3 Å². The molecule has 5 nitrogen and oxygen atoms in total. The number of sulfonamides is 1. The standard InChI is InChI=1S/C13H10FNO4S/c14-10-4-6-12(7-5-10)20(18,19)15-11-3-1-2-9(8-11)13(16)17/h1-8,15H,(H,16,17). The van der Waals surface area contributed by atoms with E-state index >= 15 is 0 Å². The summed E-state index contributed by atoms with van der Waals surface area (Å²) in [6, 6.07) is 9.70. The Bertz CT molecular complexity index is 741. The molecule has 0 unspecified atom stereocenters. The Morgan fingerprint density at radius 1 is 1.10 bits per heavy atom. The summed E-state index contributed by atoms with van der Waals surface area (Å²) in [6.07, 6.45) is 0. The molecule has 0 saturated carbocycles. The summed E-state index contributed by atoms with van der Waals surface area (Å²) in [5.41, 5.74) is 0.0820. The SMILES string of the molecule is O=C(O)c1cccc(NS(=O)(=O)c2ccc(F)cc2)c1. The normalized spacial score (nSPS) is 11.1. The fraction of sp³-hybridized carbons (Fsp3) is 0. The zero-order valence-electron chi connectivity index (χ0n) is 10.1. The lowest BCUT2D eigenvalue weighted by molar-refractivity contribution is 0.0697. The molecule has 0 fully saturated rings. The highest BCUT2D eigenvalue weighted by molar-refractivity contribution is 7.92.